The van der Waals surface area contributed by atoms with Crippen LogP contribution >= 0.6 is 0 Å². The van der Waals surface area contributed by atoms with Gasteiger partial charge in [0.25, 0.3) is 0 Å². The zero-order valence-corrected chi connectivity index (χ0v) is 18.5. The highest BCUT2D eigenvalue weighted by Gasteiger charge is 2.29. The lowest BCUT2D eigenvalue weighted by molar-refractivity contribution is 0.0340. The first-order valence-corrected chi connectivity index (χ1v) is 10.5. The van der Waals surface area contributed by atoms with Crippen molar-refractivity contribution in [2.24, 2.45) is 0 Å². The van der Waals surface area contributed by atoms with Gasteiger partial charge >= 0.3 is 6.09 Å². The van der Waals surface area contributed by atoms with Crippen molar-refractivity contribution in [2.75, 3.05) is 6.54 Å². The minimum absolute atomic E-state index is 0.128. The second-order valence-electron chi connectivity index (χ2n) is 8.39. The van der Waals surface area contributed by atoms with Crippen molar-refractivity contribution in [3.63, 3.8) is 0 Å². The third-order valence-corrected chi connectivity index (χ3v) is 5.00. The predicted octanol–water partition coefficient (Wildman–Crippen LogP) is 6.01. The summed E-state index contributed by atoms with van der Waals surface area (Å²) >= 11 is 0. The summed E-state index contributed by atoms with van der Waals surface area (Å²) in [6, 6.07) is 9.56. The zero-order chi connectivity index (χ0) is 22.3. The predicted molar refractivity (Wildman–Crippen MR) is 114 cm³/mol. The quantitative estimate of drug-likeness (QED) is 0.469. The van der Waals surface area contributed by atoms with Crippen LogP contribution in [0.15, 0.2) is 40.8 Å². The lowest BCUT2D eigenvalue weighted by atomic mass is 10.1. The van der Waals surface area contributed by atoms with E-state index < -0.39 is 11.6 Å². The summed E-state index contributed by atoms with van der Waals surface area (Å²) in [5.74, 6) is 0.422. The number of hydrogen-bond acceptors (Lipinski definition) is 4. The number of halogens is 1. The Morgan fingerprint density at radius 2 is 1.70 bits per heavy atom. The molecule has 0 aliphatic heterocycles. The van der Waals surface area contributed by atoms with E-state index in [1.54, 1.807) is 29.2 Å². The molecule has 0 bridgehead atoms. The molecule has 0 aliphatic rings. The van der Waals surface area contributed by atoms with Gasteiger partial charge in [-0.3, -0.25) is 4.79 Å². The monoisotopic (exact) mass is 417 g/mol. The van der Waals surface area contributed by atoms with Crippen LogP contribution in [-0.4, -0.2) is 35.0 Å². The molecule has 6 heteroatoms. The van der Waals surface area contributed by atoms with E-state index in [2.05, 4.69) is 0 Å². The maximum absolute atomic E-state index is 13.0. The number of carbonyl (C=O) groups is 2. The first-order chi connectivity index (χ1) is 14.1. The fourth-order valence-corrected chi connectivity index (χ4v) is 3.12. The van der Waals surface area contributed by atoms with E-state index in [0.717, 1.165) is 18.4 Å². The average molecular weight is 418 g/mol. The fraction of sp³-hybridized carbons (Fsp3) is 0.500. The standard InChI is InChI=1S/C24H32FNO4/c1-6-19(7-2)30-23(28)26(24(3,4)5)15-14-21(27)22-13-12-20(29-22)16-17-8-10-18(25)11-9-17/h8-13,19H,6-7,14-16H2,1-5H3. The van der Waals surface area contributed by atoms with Gasteiger partial charge in [-0.15, -0.1) is 0 Å². The zero-order valence-electron chi connectivity index (χ0n) is 18.5. The Morgan fingerprint density at radius 3 is 2.27 bits per heavy atom. The molecule has 0 atom stereocenters. The summed E-state index contributed by atoms with van der Waals surface area (Å²) in [6.07, 6.45) is 1.59. The van der Waals surface area contributed by atoms with Crippen LogP contribution in [-0.2, 0) is 11.2 Å². The van der Waals surface area contributed by atoms with Crippen LogP contribution in [0.5, 0.6) is 0 Å². The number of benzene rings is 1. The van der Waals surface area contributed by atoms with E-state index in [1.807, 2.05) is 34.6 Å². The molecule has 2 aromatic rings. The number of hydrogen-bond donors (Lipinski definition) is 0. The lowest BCUT2D eigenvalue weighted by Gasteiger charge is -2.35. The number of amides is 1. The molecule has 1 heterocycles. The number of nitrogens with zero attached hydrogens (tertiary/aromatic N) is 1. The van der Waals surface area contributed by atoms with Gasteiger partial charge in [0.15, 0.2) is 11.5 Å². The molecule has 0 N–H and O–H groups in total. The van der Waals surface area contributed by atoms with E-state index in [-0.39, 0.29) is 36.4 Å². The Labute approximate surface area is 178 Å². The van der Waals surface area contributed by atoms with Crippen LogP contribution in [0.2, 0.25) is 0 Å². The highest BCUT2D eigenvalue weighted by atomic mass is 19.1. The molecule has 1 aromatic carbocycles. The third kappa shape index (κ3) is 6.71. The van der Waals surface area contributed by atoms with Gasteiger partial charge in [-0.1, -0.05) is 26.0 Å². The van der Waals surface area contributed by atoms with Crippen LogP contribution in [0.1, 0.15) is 75.8 Å². The first kappa shape index (κ1) is 23.6. The number of Topliss-reactive ketones (excluding diaryl/α,β-unsaturated/α-hetero) is 1. The van der Waals surface area contributed by atoms with E-state index in [9.17, 15) is 14.0 Å². The van der Waals surface area contributed by atoms with Gasteiger partial charge in [-0.05, 0) is 63.4 Å². The van der Waals surface area contributed by atoms with Crippen LogP contribution < -0.4 is 0 Å². The number of ether oxygens (including phenoxy) is 1. The highest BCUT2D eigenvalue weighted by Crippen LogP contribution is 2.20. The molecule has 0 spiro atoms. The smallest absolute Gasteiger partial charge is 0.410 e. The largest absolute Gasteiger partial charge is 0.458 e. The van der Waals surface area contributed by atoms with Crippen LogP contribution in [0, 0.1) is 5.82 Å². The minimum Gasteiger partial charge on any atom is -0.458 e. The molecular formula is C24H32FNO4. The molecule has 0 aliphatic carbocycles. The second kappa shape index (κ2) is 10.4. The van der Waals surface area contributed by atoms with E-state index in [4.69, 9.17) is 9.15 Å². The fourth-order valence-electron chi connectivity index (χ4n) is 3.12. The molecule has 0 saturated carbocycles. The summed E-state index contributed by atoms with van der Waals surface area (Å²) in [5, 5.41) is 0. The third-order valence-electron chi connectivity index (χ3n) is 5.00. The molecule has 1 amide bonds. The van der Waals surface area contributed by atoms with Crippen molar-refractivity contribution >= 4 is 11.9 Å². The molecular weight excluding hydrogens is 385 g/mol. The summed E-state index contributed by atoms with van der Waals surface area (Å²) in [7, 11) is 0. The van der Waals surface area contributed by atoms with Crippen LogP contribution in [0.4, 0.5) is 9.18 Å². The van der Waals surface area contributed by atoms with Crippen molar-refractivity contribution in [1.29, 1.82) is 0 Å². The van der Waals surface area contributed by atoms with Gasteiger partial charge in [0.05, 0.1) is 0 Å². The molecule has 0 unspecified atom stereocenters. The van der Waals surface area contributed by atoms with Gasteiger partial charge in [-0.2, -0.15) is 0 Å². The number of carbonyl (C=O) groups excluding carboxylic acids is 2. The summed E-state index contributed by atoms with van der Waals surface area (Å²) in [4.78, 5) is 26.9. The van der Waals surface area contributed by atoms with Gasteiger partial charge < -0.3 is 14.1 Å². The van der Waals surface area contributed by atoms with E-state index in [0.29, 0.717) is 12.2 Å². The molecule has 2 rings (SSSR count). The van der Waals surface area contributed by atoms with E-state index in [1.165, 1.54) is 12.1 Å². The Hall–Kier alpha value is -2.63. The topological polar surface area (TPSA) is 59.8 Å². The van der Waals surface area contributed by atoms with Gasteiger partial charge in [0.2, 0.25) is 0 Å². The van der Waals surface area contributed by atoms with Crippen molar-refractivity contribution in [3.05, 3.63) is 59.3 Å². The van der Waals surface area contributed by atoms with Crippen LogP contribution in [0.3, 0.4) is 0 Å². The maximum Gasteiger partial charge on any atom is 0.410 e. The van der Waals surface area contributed by atoms with Gasteiger partial charge in [-0.25, -0.2) is 9.18 Å². The van der Waals surface area contributed by atoms with Crippen molar-refractivity contribution < 1.29 is 23.1 Å². The molecule has 0 radical (unpaired) electrons. The molecule has 5 nitrogen and oxygen atoms in total. The van der Waals surface area contributed by atoms with Gasteiger partial charge in [0.1, 0.15) is 17.7 Å². The Kier molecular flexibility index (Phi) is 8.21. The SMILES string of the molecule is CCC(CC)OC(=O)N(CCC(=O)c1ccc(Cc2ccc(F)cc2)o1)C(C)(C)C. The van der Waals surface area contributed by atoms with Crippen molar-refractivity contribution in [2.45, 2.75) is 71.9 Å². The summed E-state index contributed by atoms with van der Waals surface area (Å²) in [6.45, 7) is 9.95. The van der Waals surface area contributed by atoms with Crippen molar-refractivity contribution in [1.82, 2.24) is 4.90 Å². The highest BCUT2D eigenvalue weighted by molar-refractivity contribution is 5.93. The number of rotatable bonds is 9. The number of furan rings is 1. The first-order valence-electron chi connectivity index (χ1n) is 10.5. The minimum atomic E-state index is -0.472. The number of ketones is 1. The molecule has 30 heavy (non-hydrogen) atoms. The lowest BCUT2D eigenvalue weighted by Crippen LogP contribution is -2.47. The van der Waals surface area contributed by atoms with Crippen LogP contribution in [0.25, 0.3) is 0 Å². The average Bonchev–Trinajstić information content (AvgIpc) is 3.15. The molecule has 1 aromatic heterocycles. The molecule has 0 fully saturated rings. The maximum atomic E-state index is 13.0. The molecule has 0 saturated heterocycles. The molecule has 164 valence electrons. The normalized spacial score (nSPS) is 11.6. The second-order valence-corrected chi connectivity index (χ2v) is 8.39. The summed E-state index contributed by atoms with van der Waals surface area (Å²) in [5.41, 5.74) is 0.424. The summed E-state index contributed by atoms with van der Waals surface area (Å²) < 4.78 is 24.3. The van der Waals surface area contributed by atoms with Gasteiger partial charge in [0, 0.05) is 24.9 Å². The van der Waals surface area contributed by atoms with Crippen molar-refractivity contribution in [3.8, 4) is 0 Å². The Balaban J connectivity index is 1.99. The Morgan fingerprint density at radius 1 is 1.07 bits per heavy atom. The Bertz CT molecular complexity index is 832. The van der Waals surface area contributed by atoms with E-state index >= 15 is 0 Å².